The Hall–Kier alpha value is -4.64. The molecule has 1 unspecified atom stereocenters. The zero-order valence-electron chi connectivity index (χ0n) is 31.6. The molecular formula is C41H58N4O7. The van der Waals surface area contributed by atoms with Gasteiger partial charge in [0.15, 0.2) is 0 Å². The molecule has 0 fully saturated rings. The van der Waals surface area contributed by atoms with Gasteiger partial charge in [-0.2, -0.15) is 0 Å². The van der Waals surface area contributed by atoms with E-state index in [1.54, 1.807) is 31.4 Å². The highest BCUT2D eigenvalue weighted by atomic mass is 16.5. The molecule has 0 aliphatic rings. The largest absolute Gasteiger partial charge is 0.497 e. The van der Waals surface area contributed by atoms with Crippen LogP contribution in [0.3, 0.4) is 0 Å². The van der Waals surface area contributed by atoms with E-state index in [4.69, 9.17) is 9.47 Å². The van der Waals surface area contributed by atoms with Crippen molar-refractivity contribution in [1.29, 1.82) is 0 Å². The van der Waals surface area contributed by atoms with E-state index in [9.17, 15) is 24.3 Å². The summed E-state index contributed by atoms with van der Waals surface area (Å²) in [4.78, 5) is 53.7. The fourth-order valence-corrected chi connectivity index (χ4v) is 5.84. The van der Waals surface area contributed by atoms with E-state index < -0.39 is 42.1 Å². The smallest absolute Gasteiger partial charge is 0.408 e. The second kappa shape index (κ2) is 21.7. The molecule has 11 heteroatoms. The van der Waals surface area contributed by atoms with Crippen molar-refractivity contribution in [3.8, 4) is 5.75 Å². The van der Waals surface area contributed by atoms with Crippen LogP contribution in [0, 0.1) is 11.8 Å². The Morgan fingerprint density at radius 1 is 0.827 bits per heavy atom. The van der Waals surface area contributed by atoms with Crippen LogP contribution in [0.15, 0.2) is 66.7 Å². The van der Waals surface area contributed by atoms with Crippen LogP contribution in [0.1, 0.15) is 84.3 Å². The van der Waals surface area contributed by atoms with E-state index in [1.165, 1.54) is 0 Å². The fourth-order valence-electron chi connectivity index (χ4n) is 5.84. The molecule has 0 saturated heterocycles. The molecule has 11 nitrogen and oxygen atoms in total. The van der Waals surface area contributed by atoms with Gasteiger partial charge in [-0.3, -0.25) is 14.4 Å². The maximum Gasteiger partial charge on any atom is 0.408 e. The SMILES string of the molecule is CCCC[C@H](NC(=O)[C@H](Cc1cccc2ccccc12)NC(=O)OCc1ccc(OC)cc1)C(=O)N[C@@H](CC(C)C)[C@@H](O)CC(=O)NCC(C)CC. The number of benzene rings is 3. The Morgan fingerprint density at radius 2 is 1.52 bits per heavy atom. The number of rotatable bonds is 21. The van der Waals surface area contributed by atoms with Gasteiger partial charge in [-0.05, 0) is 58.7 Å². The molecule has 284 valence electrons. The highest BCUT2D eigenvalue weighted by Gasteiger charge is 2.31. The van der Waals surface area contributed by atoms with E-state index in [0.29, 0.717) is 37.5 Å². The van der Waals surface area contributed by atoms with Gasteiger partial charge < -0.3 is 35.8 Å². The summed E-state index contributed by atoms with van der Waals surface area (Å²) >= 11 is 0. The third-order valence-electron chi connectivity index (χ3n) is 9.18. The second-order valence-corrected chi connectivity index (χ2v) is 14.0. The minimum atomic E-state index is -1.12. The summed E-state index contributed by atoms with van der Waals surface area (Å²) in [6.45, 7) is 10.5. The van der Waals surface area contributed by atoms with E-state index in [-0.39, 0.29) is 31.3 Å². The molecule has 5 N–H and O–H groups in total. The van der Waals surface area contributed by atoms with E-state index in [2.05, 4.69) is 21.3 Å². The lowest BCUT2D eigenvalue weighted by molar-refractivity contribution is -0.131. The van der Waals surface area contributed by atoms with Crippen molar-refractivity contribution < 1.29 is 33.8 Å². The zero-order valence-corrected chi connectivity index (χ0v) is 31.6. The van der Waals surface area contributed by atoms with Crippen LogP contribution >= 0.6 is 0 Å². The van der Waals surface area contributed by atoms with Crippen molar-refractivity contribution in [3.63, 3.8) is 0 Å². The van der Waals surface area contributed by atoms with Gasteiger partial charge in [0.25, 0.3) is 0 Å². The number of unbranched alkanes of at least 4 members (excludes halogenated alkanes) is 1. The van der Waals surface area contributed by atoms with Crippen molar-refractivity contribution >= 4 is 34.6 Å². The molecule has 0 aliphatic heterocycles. The number of methoxy groups -OCH3 is 1. The first-order valence-corrected chi connectivity index (χ1v) is 18.5. The molecule has 52 heavy (non-hydrogen) atoms. The molecule has 0 spiro atoms. The molecular weight excluding hydrogens is 660 g/mol. The van der Waals surface area contributed by atoms with Crippen molar-refractivity contribution in [2.75, 3.05) is 13.7 Å². The lowest BCUT2D eigenvalue weighted by Gasteiger charge is -2.29. The molecule has 5 atom stereocenters. The third-order valence-corrected chi connectivity index (χ3v) is 9.18. The van der Waals surface area contributed by atoms with Gasteiger partial charge in [0.05, 0.1) is 25.7 Å². The van der Waals surface area contributed by atoms with Gasteiger partial charge >= 0.3 is 6.09 Å². The summed E-state index contributed by atoms with van der Waals surface area (Å²) in [6, 6.07) is 18.0. The molecule has 0 heterocycles. The molecule has 0 radical (unpaired) electrons. The van der Waals surface area contributed by atoms with Gasteiger partial charge in [-0.25, -0.2) is 4.79 Å². The normalized spacial score (nSPS) is 14.1. The number of alkyl carbamates (subject to hydrolysis) is 1. The van der Waals surface area contributed by atoms with Gasteiger partial charge in [0.1, 0.15) is 24.4 Å². The summed E-state index contributed by atoms with van der Waals surface area (Å²) in [5, 5.41) is 24.5. The van der Waals surface area contributed by atoms with Crippen LogP contribution < -0.4 is 26.0 Å². The number of hydrogen-bond donors (Lipinski definition) is 5. The van der Waals surface area contributed by atoms with Crippen molar-refractivity contribution in [2.45, 2.75) is 110 Å². The maximum absolute atomic E-state index is 14.1. The minimum Gasteiger partial charge on any atom is -0.497 e. The molecule has 0 saturated carbocycles. The molecule has 3 aromatic rings. The molecule has 3 rings (SSSR count). The number of hydrogen-bond acceptors (Lipinski definition) is 7. The fraction of sp³-hybridized carbons (Fsp3) is 0.512. The quantitative estimate of drug-likeness (QED) is 0.0932. The van der Waals surface area contributed by atoms with E-state index >= 15 is 0 Å². The van der Waals surface area contributed by atoms with Crippen molar-refractivity contribution in [2.24, 2.45) is 11.8 Å². The Bertz CT molecular complexity index is 1570. The standard InChI is InChI=1S/C41H58N4O7/c1-7-9-17-34(39(48)44-35(22-27(3)4)37(46)24-38(47)42-25-28(5)8-2)43-40(49)36(23-31-15-12-14-30-13-10-11-16-33(30)31)45-41(50)52-26-29-18-20-32(51-6)21-19-29/h10-16,18-21,27-28,34-37,46H,7-9,17,22-26H2,1-6H3,(H,42,47)(H,43,49)(H,44,48)(H,45,50)/t28?,34-,35-,36-,37-/m0/s1. The highest BCUT2D eigenvalue weighted by Crippen LogP contribution is 2.21. The Balaban J connectivity index is 1.80. The maximum atomic E-state index is 14.1. The van der Waals surface area contributed by atoms with Crippen LogP contribution in [0.25, 0.3) is 10.8 Å². The first-order chi connectivity index (χ1) is 24.9. The first-order valence-electron chi connectivity index (χ1n) is 18.5. The van der Waals surface area contributed by atoms with E-state index in [1.807, 2.05) is 77.1 Å². The Labute approximate surface area is 308 Å². The van der Waals surface area contributed by atoms with Crippen molar-refractivity contribution in [1.82, 2.24) is 21.3 Å². The summed E-state index contributed by atoms with van der Waals surface area (Å²) in [6.07, 6.45) is 1.22. The molecule has 4 amide bonds. The molecule has 0 aromatic heterocycles. The van der Waals surface area contributed by atoms with Gasteiger partial charge in [-0.1, -0.05) is 108 Å². The minimum absolute atomic E-state index is 0.0187. The average Bonchev–Trinajstić information content (AvgIpc) is 3.13. The molecule has 3 aromatic carbocycles. The number of carbonyl (C=O) groups excluding carboxylic acids is 4. The van der Waals surface area contributed by atoms with Crippen LogP contribution in [0.5, 0.6) is 5.75 Å². The Kier molecular flexibility index (Phi) is 17.4. The molecule has 0 aliphatic carbocycles. The predicted molar refractivity (Wildman–Crippen MR) is 204 cm³/mol. The van der Waals surface area contributed by atoms with E-state index in [0.717, 1.165) is 34.7 Å². The topological polar surface area (TPSA) is 155 Å². The van der Waals surface area contributed by atoms with Gasteiger partial charge in [-0.15, -0.1) is 0 Å². The molecule has 0 bridgehead atoms. The summed E-state index contributed by atoms with van der Waals surface area (Å²) < 4.78 is 10.7. The number of carbonyl (C=O) groups is 4. The first kappa shape index (κ1) is 41.8. The number of aliphatic hydroxyl groups excluding tert-OH is 1. The second-order valence-electron chi connectivity index (χ2n) is 14.0. The van der Waals surface area contributed by atoms with Crippen LogP contribution in [-0.2, 0) is 32.1 Å². The lowest BCUT2D eigenvalue weighted by atomic mass is 9.96. The monoisotopic (exact) mass is 718 g/mol. The summed E-state index contributed by atoms with van der Waals surface area (Å²) in [5.74, 6) is -0.190. The summed E-state index contributed by atoms with van der Waals surface area (Å²) in [5.41, 5.74) is 1.59. The summed E-state index contributed by atoms with van der Waals surface area (Å²) in [7, 11) is 1.57. The average molecular weight is 719 g/mol. The zero-order chi connectivity index (χ0) is 38.0. The van der Waals surface area contributed by atoms with Crippen LogP contribution in [-0.4, -0.2) is 66.8 Å². The number of nitrogens with one attached hydrogen (secondary N) is 4. The number of aliphatic hydroxyl groups is 1. The lowest BCUT2D eigenvalue weighted by Crippen LogP contribution is -2.57. The predicted octanol–water partition coefficient (Wildman–Crippen LogP) is 5.81. The van der Waals surface area contributed by atoms with Crippen LogP contribution in [0.2, 0.25) is 0 Å². The van der Waals surface area contributed by atoms with Gasteiger partial charge in [0.2, 0.25) is 17.7 Å². The van der Waals surface area contributed by atoms with Crippen molar-refractivity contribution in [3.05, 3.63) is 77.9 Å². The number of amides is 4. The number of ether oxygens (including phenoxy) is 2. The highest BCUT2D eigenvalue weighted by molar-refractivity contribution is 5.92. The number of fused-ring (bicyclic) bond motifs is 1. The van der Waals surface area contributed by atoms with Crippen LogP contribution in [0.4, 0.5) is 4.79 Å². The Morgan fingerprint density at radius 3 is 2.19 bits per heavy atom. The third kappa shape index (κ3) is 13.8. The van der Waals surface area contributed by atoms with Gasteiger partial charge in [0, 0.05) is 13.0 Å².